The number of benzene rings is 1. The van der Waals surface area contributed by atoms with Gasteiger partial charge in [-0.05, 0) is 12.0 Å². The maximum atomic E-state index is 12.0. The molecule has 1 amide bonds. The van der Waals surface area contributed by atoms with Crippen LogP contribution in [0.1, 0.15) is 37.0 Å². The van der Waals surface area contributed by atoms with Crippen LogP contribution in [0.4, 0.5) is 0 Å². The molecule has 0 fully saturated rings. The minimum atomic E-state index is -0.103. The van der Waals surface area contributed by atoms with E-state index >= 15 is 0 Å². The third-order valence-corrected chi connectivity index (χ3v) is 3.31. The molecule has 4 nitrogen and oxygen atoms in total. The van der Waals surface area contributed by atoms with Crippen molar-refractivity contribution in [1.29, 1.82) is 0 Å². The second kappa shape index (κ2) is 7.20. The monoisotopic (exact) mass is 276 g/mol. The molecule has 0 saturated carbocycles. The van der Waals surface area contributed by atoms with Crippen LogP contribution in [0.3, 0.4) is 0 Å². The zero-order valence-corrected chi connectivity index (χ0v) is 12.6. The Balaban J connectivity index is 2.45. The summed E-state index contributed by atoms with van der Waals surface area (Å²) in [5.74, 6) is -0.0127. The Labute approximate surface area is 121 Å². The summed E-state index contributed by atoms with van der Waals surface area (Å²) in [6, 6.07) is 9.06. The number of nitrogens with two attached hydrogens (primary N) is 1. The number of carbonyl (C=O) groups excluding carboxylic acids is 2. The van der Waals surface area contributed by atoms with Gasteiger partial charge in [-0.25, -0.2) is 0 Å². The molecule has 0 atom stereocenters. The van der Waals surface area contributed by atoms with Crippen molar-refractivity contribution in [3.8, 4) is 0 Å². The van der Waals surface area contributed by atoms with E-state index in [9.17, 15) is 9.59 Å². The van der Waals surface area contributed by atoms with E-state index < -0.39 is 0 Å². The van der Waals surface area contributed by atoms with Gasteiger partial charge in [-0.2, -0.15) is 0 Å². The number of carbonyl (C=O) groups is 2. The molecule has 0 heterocycles. The number of amides is 1. The highest BCUT2D eigenvalue weighted by Gasteiger charge is 2.21. The molecule has 0 aliphatic rings. The molecule has 4 heteroatoms. The maximum absolute atomic E-state index is 12.0. The van der Waals surface area contributed by atoms with Crippen LogP contribution in [0.15, 0.2) is 30.3 Å². The topological polar surface area (TPSA) is 63.4 Å². The molecule has 1 rings (SSSR count). The summed E-state index contributed by atoms with van der Waals surface area (Å²) in [6.45, 7) is 5.16. The highest BCUT2D eigenvalue weighted by molar-refractivity contribution is 5.97. The Bertz CT molecular complexity index is 455. The molecule has 0 bridgehead atoms. The van der Waals surface area contributed by atoms with E-state index in [-0.39, 0.29) is 29.9 Å². The minimum Gasteiger partial charge on any atom is -0.345 e. The van der Waals surface area contributed by atoms with Crippen molar-refractivity contribution in [2.75, 3.05) is 20.1 Å². The van der Waals surface area contributed by atoms with Crippen molar-refractivity contribution >= 4 is 11.7 Å². The number of ketones is 1. The average molecular weight is 276 g/mol. The summed E-state index contributed by atoms with van der Waals surface area (Å²) in [5, 5.41) is 0. The van der Waals surface area contributed by atoms with Gasteiger partial charge in [-0.15, -0.1) is 0 Å². The van der Waals surface area contributed by atoms with Crippen LogP contribution in [-0.4, -0.2) is 36.7 Å². The first-order valence-corrected chi connectivity index (χ1v) is 6.88. The Morgan fingerprint density at radius 3 is 2.30 bits per heavy atom. The zero-order chi connectivity index (χ0) is 15.2. The first kappa shape index (κ1) is 16.4. The molecule has 0 aromatic heterocycles. The number of nitrogens with zero attached hydrogens (tertiary/aromatic N) is 1. The van der Waals surface area contributed by atoms with Crippen LogP contribution in [0.2, 0.25) is 0 Å². The zero-order valence-electron chi connectivity index (χ0n) is 12.6. The highest BCUT2D eigenvalue weighted by atomic mass is 16.2. The lowest BCUT2D eigenvalue weighted by Crippen LogP contribution is -2.39. The minimum absolute atomic E-state index is 0.00503. The van der Waals surface area contributed by atoms with Crippen LogP contribution in [-0.2, 0) is 4.79 Å². The van der Waals surface area contributed by atoms with Gasteiger partial charge in [0.25, 0.3) is 0 Å². The van der Waals surface area contributed by atoms with Gasteiger partial charge in [0.15, 0.2) is 5.78 Å². The van der Waals surface area contributed by atoms with Gasteiger partial charge in [-0.3, -0.25) is 9.59 Å². The van der Waals surface area contributed by atoms with Crippen LogP contribution in [0, 0.1) is 5.41 Å². The summed E-state index contributed by atoms with van der Waals surface area (Å²) in [5.41, 5.74) is 6.22. The van der Waals surface area contributed by atoms with Crippen molar-refractivity contribution in [3.63, 3.8) is 0 Å². The normalized spacial score (nSPS) is 11.2. The predicted molar refractivity (Wildman–Crippen MR) is 80.5 cm³/mol. The van der Waals surface area contributed by atoms with E-state index in [4.69, 9.17) is 5.73 Å². The molecule has 0 saturated heterocycles. The first-order valence-electron chi connectivity index (χ1n) is 6.88. The summed E-state index contributed by atoms with van der Waals surface area (Å²) < 4.78 is 0. The fourth-order valence-electron chi connectivity index (χ4n) is 1.97. The lowest BCUT2D eigenvalue weighted by atomic mass is 9.93. The van der Waals surface area contributed by atoms with Gasteiger partial charge >= 0.3 is 0 Å². The smallest absolute Gasteiger partial charge is 0.222 e. The molecule has 0 aliphatic carbocycles. The molecule has 1 aromatic rings. The van der Waals surface area contributed by atoms with Crippen LogP contribution >= 0.6 is 0 Å². The van der Waals surface area contributed by atoms with Crippen molar-refractivity contribution in [2.24, 2.45) is 11.1 Å². The molecule has 2 N–H and O–H groups in total. The molecule has 0 aliphatic heterocycles. The van der Waals surface area contributed by atoms with Gasteiger partial charge in [0.2, 0.25) is 5.91 Å². The first-order chi connectivity index (χ1) is 9.35. The van der Waals surface area contributed by atoms with Crippen molar-refractivity contribution in [3.05, 3.63) is 35.9 Å². The van der Waals surface area contributed by atoms with Gasteiger partial charge in [0.1, 0.15) is 0 Å². The number of hydrogen-bond acceptors (Lipinski definition) is 3. The number of rotatable bonds is 7. The van der Waals surface area contributed by atoms with E-state index in [2.05, 4.69) is 0 Å². The summed E-state index contributed by atoms with van der Waals surface area (Å²) in [6.07, 6.45) is 0.487. The fraction of sp³-hybridized carbons (Fsp3) is 0.500. The summed E-state index contributed by atoms with van der Waals surface area (Å²) >= 11 is 0. The van der Waals surface area contributed by atoms with E-state index in [1.54, 1.807) is 24.1 Å². The molecule has 0 radical (unpaired) electrons. The lowest BCUT2D eigenvalue weighted by Gasteiger charge is -2.29. The van der Waals surface area contributed by atoms with Crippen molar-refractivity contribution < 1.29 is 9.59 Å². The molecule has 0 spiro atoms. The summed E-state index contributed by atoms with van der Waals surface area (Å²) in [4.78, 5) is 25.6. The second-order valence-corrected chi connectivity index (χ2v) is 5.91. The third-order valence-electron chi connectivity index (χ3n) is 3.31. The van der Waals surface area contributed by atoms with Crippen LogP contribution < -0.4 is 5.73 Å². The molecule has 1 aromatic carbocycles. The van der Waals surface area contributed by atoms with E-state index in [0.717, 1.165) is 0 Å². The molecule has 110 valence electrons. The largest absolute Gasteiger partial charge is 0.345 e. The molecule has 20 heavy (non-hydrogen) atoms. The Morgan fingerprint density at radius 2 is 1.75 bits per heavy atom. The molecular formula is C16H24N2O2. The number of hydrogen-bond donors (Lipinski definition) is 1. The average Bonchev–Trinajstić information content (AvgIpc) is 2.44. The van der Waals surface area contributed by atoms with E-state index in [0.29, 0.717) is 18.7 Å². The highest BCUT2D eigenvalue weighted by Crippen LogP contribution is 2.15. The van der Waals surface area contributed by atoms with Crippen molar-refractivity contribution in [2.45, 2.75) is 26.7 Å². The SMILES string of the molecule is CN(CC(C)(C)CN)C(=O)CCC(=O)c1ccccc1. The molecular weight excluding hydrogens is 252 g/mol. The molecule has 0 unspecified atom stereocenters. The Hall–Kier alpha value is -1.68. The van der Waals surface area contributed by atoms with Gasteiger partial charge in [0.05, 0.1) is 0 Å². The Kier molecular flexibility index (Phi) is 5.89. The lowest BCUT2D eigenvalue weighted by molar-refractivity contribution is -0.131. The van der Waals surface area contributed by atoms with E-state index in [1.807, 2.05) is 32.0 Å². The van der Waals surface area contributed by atoms with Gasteiger partial charge in [0, 0.05) is 32.0 Å². The van der Waals surface area contributed by atoms with E-state index in [1.165, 1.54) is 0 Å². The van der Waals surface area contributed by atoms with Crippen molar-refractivity contribution in [1.82, 2.24) is 4.90 Å². The predicted octanol–water partition coefficient (Wildman–Crippen LogP) is 2.09. The third kappa shape index (κ3) is 5.13. The fourth-order valence-corrected chi connectivity index (χ4v) is 1.97. The standard InChI is InChI=1S/C16H24N2O2/c1-16(2,11-17)12-18(3)15(20)10-9-14(19)13-7-5-4-6-8-13/h4-8H,9-12,17H2,1-3H3. The van der Waals surface area contributed by atoms with Crippen LogP contribution in [0.5, 0.6) is 0 Å². The van der Waals surface area contributed by atoms with Gasteiger partial charge in [-0.1, -0.05) is 44.2 Å². The number of Topliss-reactive ketones (excluding diaryl/α,β-unsaturated/α-hetero) is 1. The second-order valence-electron chi connectivity index (χ2n) is 5.91. The Morgan fingerprint density at radius 1 is 1.15 bits per heavy atom. The maximum Gasteiger partial charge on any atom is 0.222 e. The quantitative estimate of drug-likeness (QED) is 0.776. The van der Waals surface area contributed by atoms with Gasteiger partial charge < -0.3 is 10.6 Å². The van der Waals surface area contributed by atoms with Crippen LogP contribution in [0.25, 0.3) is 0 Å². The summed E-state index contributed by atoms with van der Waals surface area (Å²) in [7, 11) is 1.76.